The second-order valence-electron chi connectivity index (χ2n) is 9.44. The number of hydrogen-bond donors (Lipinski definition) is 3. The molecule has 1 amide bonds. The third kappa shape index (κ3) is 4.20. The molecule has 1 heterocycles. The smallest absolute Gasteiger partial charge is 0.257 e. The molecule has 0 aliphatic heterocycles. The van der Waals surface area contributed by atoms with Gasteiger partial charge in [-0.1, -0.05) is 26.8 Å². The lowest BCUT2D eigenvalue weighted by Gasteiger charge is -2.21. The molecule has 1 aromatic heterocycles. The molecule has 1 atom stereocenters. The van der Waals surface area contributed by atoms with E-state index in [9.17, 15) is 19.5 Å². The summed E-state index contributed by atoms with van der Waals surface area (Å²) in [6.07, 6.45) is 2.90. The molecule has 8 heteroatoms. The summed E-state index contributed by atoms with van der Waals surface area (Å²) in [5, 5.41) is 16.6. The molecule has 1 aliphatic rings. The van der Waals surface area contributed by atoms with Crippen molar-refractivity contribution in [3.05, 3.63) is 67.4 Å². The van der Waals surface area contributed by atoms with Crippen molar-refractivity contribution in [3.8, 4) is 5.75 Å². The second kappa shape index (κ2) is 9.00. The zero-order valence-electron chi connectivity index (χ0n) is 20.2. The van der Waals surface area contributed by atoms with Gasteiger partial charge in [0.1, 0.15) is 22.9 Å². The van der Waals surface area contributed by atoms with Gasteiger partial charge in [-0.25, -0.2) is 0 Å². The van der Waals surface area contributed by atoms with Crippen molar-refractivity contribution in [2.24, 2.45) is 0 Å². The molecule has 0 bridgehead atoms. The summed E-state index contributed by atoms with van der Waals surface area (Å²) in [6, 6.07) is 6.41. The van der Waals surface area contributed by atoms with Crippen molar-refractivity contribution >= 4 is 23.0 Å². The molecule has 1 fully saturated rings. The number of phenolic OH excluding ortho intramolecular Hbond substituents is 1. The first-order valence-corrected chi connectivity index (χ1v) is 11.7. The zero-order valence-corrected chi connectivity index (χ0v) is 20.2. The Morgan fingerprint density at radius 2 is 1.85 bits per heavy atom. The highest BCUT2D eigenvalue weighted by molar-refractivity contribution is 5.99. The molecule has 34 heavy (non-hydrogen) atoms. The number of carbonyl (C=O) groups is 1. The summed E-state index contributed by atoms with van der Waals surface area (Å²) in [4.78, 5) is 38.5. The van der Waals surface area contributed by atoms with Gasteiger partial charge in [0, 0.05) is 20.0 Å². The van der Waals surface area contributed by atoms with Crippen LogP contribution in [0.15, 0.2) is 38.3 Å². The third-order valence-corrected chi connectivity index (χ3v) is 6.29. The van der Waals surface area contributed by atoms with Gasteiger partial charge in [0.05, 0.1) is 17.3 Å². The maximum atomic E-state index is 12.4. The number of amides is 1. The molecule has 1 aliphatic carbocycles. The number of carbonyl (C=O) groups excluding carboxylic acids is 1. The highest BCUT2D eigenvalue weighted by Gasteiger charge is 2.33. The lowest BCUT2D eigenvalue weighted by Crippen LogP contribution is -2.37. The summed E-state index contributed by atoms with van der Waals surface area (Å²) in [5.41, 5.74) is 0.364. The Kier molecular flexibility index (Phi) is 6.25. The van der Waals surface area contributed by atoms with E-state index in [1.165, 1.54) is 16.5 Å². The standard InChI is InChI=1S/C26H31N3O5/c1-6-17(19-12-16(13(2)3)25(34-19)14-10-11-14)27-20-21(24(32)23(20)31)28-18-9-7-8-15(22(18)30)26(33)29(4)5/h7-9,12-14,17,27-28,30H,6,10-11H2,1-5H3. The molecule has 8 nitrogen and oxygen atoms in total. The van der Waals surface area contributed by atoms with Crippen molar-refractivity contribution in [2.75, 3.05) is 24.7 Å². The molecule has 1 unspecified atom stereocenters. The maximum Gasteiger partial charge on any atom is 0.257 e. The van der Waals surface area contributed by atoms with Gasteiger partial charge in [-0.3, -0.25) is 14.4 Å². The molecule has 0 radical (unpaired) electrons. The van der Waals surface area contributed by atoms with Crippen molar-refractivity contribution in [1.29, 1.82) is 0 Å². The van der Waals surface area contributed by atoms with E-state index in [4.69, 9.17) is 4.42 Å². The van der Waals surface area contributed by atoms with Crippen LogP contribution in [0.3, 0.4) is 0 Å². The molecular formula is C26H31N3O5. The number of hydrogen-bond acceptors (Lipinski definition) is 7. The van der Waals surface area contributed by atoms with Gasteiger partial charge in [0.2, 0.25) is 0 Å². The number of para-hydroxylation sites is 1. The molecule has 3 N–H and O–H groups in total. The number of furan rings is 1. The van der Waals surface area contributed by atoms with Crippen LogP contribution in [-0.2, 0) is 0 Å². The highest BCUT2D eigenvalue weighted by atomic mass is 16.3. The largest absolute Gasteiger partial charge is 0.505 e. The minimum absolute atomic E-state index is 0.0613. The summed E-state index contributed by atoms with van der Waals surface area (Å²) >= 11 is 0. The van der Waals surface area contributed by atoms with Crippen LogP contribution < -0.4 is 21.5 Å². The number of nitrogens with zero attached hydrogens (tertiary/aromatic N) is 1. The molecule has 0 spiro atoms. The van der Waals surface area contributed by atoms with Crippen LogP contribution in [0.4, 0.5) is 17.1 Å². The first kappa shape index (κ1) is 23.6. The maximum absolute atomic E-state index is 12.4. The summed E-state index contributed by atoms with van der Waals surface area (Å²) in [6.45, 7) is 6.25. The van der Waals surface area contributed by atoms with Crippen molar-refractivity contribution < 1.29 is 14.3 Å². The van der Waals surface area contributed by atoms with Crippen LogP contribution in [0.25, 0.3) is 0 Å². The SMILES string of the molecule is CCC(Nc1c(Nc2cccc(C(=O)N(C)C)c2O)c(=O)c1=O)c1cc(C(C)C)c(C2CC2)o1. The number of aromatic hydroxyl groups is 1. The Morgan fingerprint density at radius 3 is 2.44 bits per heavy atom. The number of benzene rings is 1. The van der Waals surface area contributed by atoms with Gasteiger partial charge in [0.25, 0.3) is 16.8 Å². The normalized spacial score (nSPS) is 14.4. The minimum Gasteiger partial charge on any atom is -0.505 e. The Balaban J connectivity index is 1.62. The van der Waals surface area contributed by atoms with Crippen molar-refractivity contribution in [3.63, 3.8) is 0 Å². The van der Waals surface area contributed by atoms with Gasteiger partial charge in [-0.05, 0) is 48.9 Å². The van der Waals surface area contributed by atoms with Crippen LogP contribution in [0.1, 0.15) is 85.4 Å². The third-order valence-electron chi connectivity index (χ3n) is 6.29. The van der Waals surface area contributed by atoms with Crippen LogP contribution >= 0.6 is 0 Å². The Labute approximate surface area is 198 Å². The van der Waals surface area contributed by atoms with E-state index in [2.05, 4.69) is 30.5 Å². The summed E-state index contributed by atoms with van der Waals surface area (Å²) in [7, 11) is 3.17. The molecule has 180 valence electrons. The molecule has 1 saturated carbocycles. The van der Waals surface area contributed by atoms with Crippen LogP contribution in [-0.4, -0.2) is 30.0 Å². The zero-order chi connectivity index (χ0) is 24.7. The van der Waals surface area contributed by atoms with E-state index in [1.54, 1.807) is 26.2 Å². The van der Waals surface area contributed by atoms with Crippen molar-refractivity contribution in [1.82, 2.24) is 4.90 Å². The lowest BCUT2D eigenvalue weighted by atomic mass is 10.0. The molecule has 0 saturated heterocycles. The number of phenols is 1. The highest BCUT2D eigenvalue weighted by Crippen LogP contribution is 2.46. The number of rotatable bonds is 9. The van der Waals surface area contributed by atoms with Crippen LogP contribution in [0.5, 0.6) is 5.75 Å². The van der Waals surface area contributed by atoms with Crippen molar-refractivity contribution in [2.45, 2.75) is 57.9 Å². The predicted octanol–water partition coefficient (Wildman–Crippen LogP) is 4.59. The predicted molar refractivity (Wildman–Crippen MR) is 132 cm³/mol. The van der Waals surface area contributed by atoms with Gasteiger partial charge in [-0.2, -0.15) is 0 Å². The van der Waals surface area contributed by atoms with E-state index in [0.717, 1.165) is 24.4 Å². The fourth-order valence-electron chi connectivity index (χ4n) is 4.12. The van der Waals surface area contributed by atoms with Crippen LogP contribution in [0, 0.1) is 0 Å². The first-order valence-electron chi connectivity index (χ1n) is 11.7. The Bertz CT molecular complexity index is 1270. The van der Waals surface area contributed by atoms with Gasteiger partial charge in [0.15, 0.2) is 5.75 Å². The molecular weight excluding hydrogens is 434 g/mol. The monoisotopic (exact) mass is 465 g/mol. The van der Waals surface area contributed by atoms with E-state index < -0.39 is 10.9 Å². The number of nitrogens with one attached hydrogen (secondary N) is 2. The quantitative estimate of drug-likeness (QED) is 0.313. The Morgan fingerprint density at radius 1 is 1.18 bits per heavy atom. The first-order chi connectivity index (χ1) is 16.1. The molecule has 3 aromatic rings. The van der Waals surface area contributed by atoms with Gasteiger partial charge < -0.3 is 25.1 Å². The minimum atomic E-state index is -0.679. The Hall–Kier alpha value is -3.55. The average Bonchev–Trinajstić information content (AvgIpc) is 3.56. The van der Waals surface area contributed by atoms with Crippen LogP contribution in [0.2, 0.25) is 0 Å². The van der Waals surface area contributed by atoms with E-state index in [0.29, 0.717) is 18.3 Å². The molecule has 4 rings (SSSR count). The van der Waals surface area contributed by atoms with E-state index >= 15 is 0 Å². The summed E-state index contributed by atoms with van der Waals surface area (Å²) < 4.78 is 6.24. The molecule has 2 aromatic carbocycles. The number of anilines is 3. The summed E-state index contributed by atoms with van der Waals surface area (Å²) in [5.74, 6) is 1.91. The van der Waals surface area contributed by atoms with Gasteiger partial charge >= 0.3 is 0 Å². The van der Waals surface area contributed by atoms with Gasteiger partial charge in [-0.15, -0.1) is 0 Å². The lowest BCUT2D eigenvalue weighted by molar-refractivity contribution is 0.0824. The average molecular weight is 466 g/mol. The van der Waals surface area contributed by atoms with E-state index in [1.807, 2.05) is 6.92 Å². The fourth-order valence-corrected chi connectivity index (χ4v) is 4.12. The topological polar surface area (TPSA) is 112 Å². The fraction of sp³-hybridized carbons (Fsp3) is 0.423. The second-order valence-corrected chi connectivity index (χ2v) is 9.44. The van der Waals surface area contributed by atoms with E-state index in [-0.39, 0.29) is 40.3 Å².